The van der Waals surface area contributed by atoms with E-state index in [2.05, 4.69) is 21.5 Å². The molecule has 0 aliphatic heterocycles. The molecule has 98 valence electrons. The van der Waals surface area contributed by atoms with Crippen molar-refractivity contribution in [2.45, 2.75) is 6.92 Å². The molecule has 1 aromatic rings. The van der Waals surface area contributed by atoms with Crippen LogP contribution in [0.4, 0.5) is 5.69 Å². The Morgan fingerprint density at radius 2 is 2.06 bits per heavy atom. The Bertz CT molecular complexity index is 427. The van der Waals surface area contributed by atoms with Gasteiger partial charge in [-0.1, -0.05) is 23.7 Å². The van der Waals surface area contributed by atoms with Crippen LogP contribution in [0.25, 0.3) is 0 Å². The van der Waals surface area contributed by atoms with Gasteiger partial charge in [0, 0.05) is 6.54 Å². The van der Waals surface area contributed by atoms with Crippen LogP contribution in [0.15, 0.2) is 24.3 Å². The number of para-hydroxylation sites is 1. The van der Waals surface area contributed by atoms with Crippen molar-refractivity contribution in [3.63, 3.8) is 0 Å². The number of carbonyl (C=O) groups excluding carboxylic acids is 1. The number of rotatable bonds is 4. The molecule has 0 fully saturated rings. The zero-order valence-electron chi connectivity index (χ0n) is 9.92. The van der Waals surface area contributed by atoms with Gasteiger partial charge in [0.25, 0.3) is 5.91 Å². The highest BCUT2D eigenvalue weighted by molar-refractivity contribution is 7.80. The van der Waals surface area contributed by atoms with Crippen LogP contribution in [-0.2, 0) is 4.79 Å². The van der Waals surface area contributed by atoms with Crippen molar-refractivity contribution in [3.05, 3.63) is 29.3 Å². The van der Waals surface area contributed by atoms with E-state index >= 15 is 0 Å². The third-order valence-electron chi connectivity index (χ3n) is 1.97. The summed E-state index contributed by atoms with van der Waals surface area (Å²) in [5.41, 5.74) is 5.75. The Morgan fingerprint density at radius 3 is 2.72 bits per heavy atom. The Balaban J connectivity index is 2.29. The van der Waals surface area contributed by atoms with Crippen LogP contribution >= 0.6 is 23.8 Å². The monoisotopic (exact) mass is 286 g/mol. The molecule has 1 amide bonds. The molecule has 4 N–H and O–H groups in total. The molecule has 0 bridgehead atoms. The number of amides is 1. The lowest BCUT2D eigenvalue weighted by atomic mass is 10.3. The maximum absolute atomic E-state index is 11.5. The van der Waals surface area contributed by atoms with Crippen LogP contribution in [0.5, 0.6) is 0 Å². The number of hydrazine groups is 1. The van der Waals surface area contributed by atoms with E-state index in [0.717, 1.165) is 0 Å². The number of halogens is 1. The fourth-order valence-electron chi connectivity index (χ4n) is 1.16. The van der Waals surface area contributed by atoms with Crippen molar-refractivity contribution in [2.75, 3.05) is 18.4 Å². The molecule has 0 heterocycles. The molecule has 1 rings (SSSR count). The van der Waals surface area contributed by atoms with E-state index in [4.69, 9.17) is 23.8 Å². The molecule has 1 aromatic carbocycles. The predicted molar refractivity (Wildman–Crippen MR) is 77.5 cm³/mol. The topological polar surface area (TPSA) is 65.2 Å². The fourth-order valence-corrected chi connectivity index (χ4v) is 1.55. The Kier molecular flexibility index (Phi) is 6.24. The molecule has 0 saturated carbocycles. The molecule has 0 aliphatic carbocycles. The van der Waals surface area contributed by atoms with Gasteiger partial charge in [-0.05, 0) is 31.3 Å². The quantitative estimate of drug-likeness (QED) is 0.496. The summed E-state index contributed by atoms with van der Waals surface area (Å²) in [7, 11) is 0. The highest BCUT2D eigenvalue weighted by atomic mass is 35.5. The molecule has 0 atom stereocenters. The van der Waals surface area contributed by atoms with E-state index in [9.17, 15) is 4.79 Å². The molecule has 5 nitrogen and oxygen atoms in total. The highest BCUT2D eigenvalue weighted by Gasteiger charge is 2.03. The summed E-state index contributed by atoms with van der Waals surface area (Å²) in [5, 5.41) is 6.72. The van der Waals surface area contributed by atoms with Crippen molar-refractivity contribution in [1.82, 2.24) is 16.2 Å². The lowest BCUT2D eigenvalue weighted by Crippen LogP contribution is -2.48. The summed E-state index contributed by atoms with van der Waals surface area (Å²) in [6.07, 6.45) is 0. The maximum atomic E-state index is 11.5. The maximum Gasteiger partial charge on any atom is 0.257 e. The predicted octanol–water partition coefficient (Wildman–Crippen LogP) is 1.27. The fraction of sp³-hybridized carbons (Fsp3) is 0.273. The minimum atomic E-state index is -0.241. The number of carbonyl (C=O) groups is 1. The number of hydrogen-bond acceptors (Lipinski definition) is 3. The minimum Gasteiger partial charge on any atom is -0.375 e. The zero-order chi connectivity index (χ0) is 13.4. The summed E-state index contributed by atoms with van der Waals surface area (Å²) < 4.78 is 0. The lowest BCUT2D eigenvalue weighted by Gasteiger charge is -2.11. The van der Waals surface area contributed by atoms with E-state index in [1.165, 1.54) is 0 Å². The number of anilines is 1. The molecule has 0 aliphatic rings. The first-order valence-corrected chi connectivity index (χ1v) is 6.23. The van der Waals surface area contributed by atoms with Crippen molar-refractivity contribution >= 4 is 40.5 Å². The van der Waals surface area contributed by atoms with E-state index in [0.29, 0.717) is 22.4 Å². The average Bonchev–Trinajstić information content (AvgIpc) is 2.36. The van der Waals surface area contributed by atoms with Gasteiger partial charge in [-0.25, -0.2) is 0 Å². The van der Waals surface area contributed by atoms with Crippen LogP contribution in [-0.4, -0.2) is 24.1 Å². The number of thiocarbonyl (C=S) groups is 1. The third-order valence-corrected chi connectivity index (χ3v) is 2.54. The molecule has 0 spiro atoms. The van der Waals surface area contributed by atoms with Crippen LogP contribution < -0.4 is 21.5 Å². The second kappa shape index (κ2) is 7.73. The van der Waals surface area contributed by atoms with Gasteiger partial charge >= 0.3 is 0 Å². The van der Waals surface area contributed by atoms with Gasteiger partial charge in [-0.2, -0.15) is 0 Å². The Labute approximate surface area is 116 Å². The number of hydrogen-bond donors (Lipinski definition) is 4. The average molecular weight is 287 g/mol. The SMILES string of the molecule is CCNC(=S)NNC(=O)CNc1ccccc1Cl. The van der Waals surface area contributed by atoms with Gasteiger partial charge in [0.15, 0.2) is 5.11 Å². The van der Waals surface area contributed by atoms with Crippen LogP contribution in [0.1, 0.15) is 6.92 Å². The zero-order valence-corrected chi connectivity index (χ0v) is 11.5. The van der Waals surface area contributed by atoms with Gasteiger partial charge in [0.1, 0.15) is 0 Å². The number of benzene rings is 1. The van der Waals surface area contributed by atoms with E-state index in [1.54, 1.807) is 12.1 Å². The second-order valence-electron chi connectivity index (χ2n) is 3.37. The summed E-state index contributed by atoms with van der Waals surface area (Å²) in [6, 6.07) is 7.21. The van der Waals surface area contributed by atoms with Gasteiger partial charge in [0.2, 0.25) is 0 Å². The van der Waals surface area contributed by atoms with E-state index in [1.807, 2.05) is 19.1 Å². The first-order valence-electron chi connectivity index (χ1n) is 5.44. The van der Waals surface area contributed by atoms with Gasteiger partial charge in [0.05, 0.1) is 17.3 Å². The van der Waals surface area contributed by atoms with E-state index < -0.39 is 0 Å². The summed E-state index contributed by atoms with van der Waals surface area (Å²) in [4.78, 5) is 11.5. The largest absolute Gasteiger partial charge is 0.375 e. The Hall–Kier alpha value is -1.53. The lowest BCUT2D eigenvalue weighted by molar-refractivity contribution is -0.119. The third kappa shape index (κ3) is 5.20. The van der Waals surface area contributed by atoms with Crippen LogP contribution in [0.3, 0.4) is 0 Å². The van der Waals surface area contributed by atoms with Crippen molar-refractivity contribution in [2.24, 2.45) is 0 Å². The molecule has 0 unspecified atom stereocenters. The number of nitrogens with one attached hydrogen (secondary N) is 4. The van der Waals surface area contributed by atoms with Gasteiger partial charge in [-0.15, -0.1) is 0 Å². The Morgan fingerprint density at radius 1 is 1.33 bits per heavy atom. The molecule has 0 radical (unpaired) electrons. The summed E-state index contributed by atoms with van der Waals surface area (Å²) in [5.74, 6) is -0.241. The molecule has 18 heavy (non-hydrogen) atoms. The van der Waals surface area contributed by atoms with Gasteiger partial charge in [-0.3, -0.25) is 15.6 Å². The minimum absolute atomic E-state index is 0.103. The van der Waals surface area contributed by atoms with E-state index in [-0.39, 0.29) is 12.5 Å². The molecular formula is C11H15ClN4OS. The molecule has 0 saturated heterocycles. The van der Waals surface area contributed by atoms with Crippen molar-refractivity contribution in [3.8, 4) is 0 Å². The normalized spacial score (nSPS) is 9.44. The second-order valence-corrected chi connectivity index (χ2v) is 4.18. The van der Waals surface area contributed by atoms with Crippen molar-refractivity contribution in [1.29, 1.82) is 0 Å². The van der Waals surface area contributed by atoms with Crippen LogP contribution in [0, 0.1) is 0 Å². The molecular weight excluding hydrogens is 272 g/mol. The standard InChI is InChI=1S/C11H15ClN4OS/c1-2-13-11(18)16-15-10(17)7-14-9-6-4-3-5-8(9)12/h3-6,14H,2,7H2,1H3,(H,15,17)(H2,13,16,18). The van der Waals surface area contributed by atoms with Crippen LogP contribution in [0.2, 0.25) is 5.02 Å². The summed E-state index contributed by atoms with van der Waals surface area (Å²) in [6.45, 7) is 2.71. The molecule has 7 heteroatoms. The summed E-state index contributed by atoms with van der Waals surface area (Å²) >= 11 is 10.8. The van der Waals surface area contributed by atoms with Gasteiger partial charge < -0.3 is 10.6 Å². The van der Waals surface area contributed by atoms with Crippen molar-refractivity contribution < 1.29 is 4.79 Å². The molecule has 0 aromatic heterocycles. The first kappa shape index (κ1) is 14.5. The smallest absolute Gasteiger partial charge is 0.257 e. The first-order chi connectivity index (χ1) is 8.63. The highest BCUT2D eigenvalue weighted by Crippen LogP contribution is 2.19.